The summed E-state index contributed by atoms with van der Waals surface area (Å²) in [5.41, 5.74) is 3.97. The molecular weight excluding hydrogens is 228 g/mol. The first-order valence-corrected chi connectivity index (χ1v) is 5.81. The molecule has 0 bridgehead atoms. The van der Waals surface area contributed by atoms with Crippen LogP contribution in [-0.4, -0.2) is 36.7 Å². The third-order valence-electron chi connectivity index (χ3n) is 3.01. The lowest BCUT2D eigenvalue weighted by Crippen LogP contribution is -2.30. The van der Waals surface area contributed by atoms with Crippen molar-refractivity contribution < 1.29 is 4.79 Å². The minimum atomic E-state index is -0.324. The zero-order chi connectivity index (χ0) is 13.7. The van der Waals surface area contributed by atoms with Gasteiger partial charge < -0.3 is 10.3 Å². The highest BCUT2D eigenvalue weighted by Gasteiger charge is 2.10. The van der Waals surface area contributed by atoms with Crippen molar-refractivity contribution in [2.75, 3.05) is 14.1 Å². The van der Waals surface area contributed by atoms with Crippen LogP contribution in [0.1, 0.15) is 29.3 Å². The summed E-state index contributed by atoms with van der Waals surface area (Å²) in [4.78, 5) is 13.3. The van der Waals surface area contributed by atoms with Crippen molar-refractivity contribution in [3.63, 3.8) is 0 Å². The summed E-state index contributed by atoms with van der Waals surface area (Å²) in [6.45, 7) is 2.07. The molecule has 0 saturated carbocycles. The average molecular weight is 248 g/mol. The lowest BCUT2D eigenvalue weighted by molar-refractivity contribution is 0.0953. The van der Waals surface area contributed by atoms with Crippen molar-refractivity contribution in [3.05, 3.63) is 35.4 Å². The van der Waals surface area contributed by atoms with Crippen LogP contribution < -0.4 is 11.3 Å². The normalized spacial score (nSPS) is 12.3. The van der Waals surface area contributed by atoms with Gasteiger partial charge in [0.05, 0.1) is 0 Å². The van der Waals surface area contributed by atoms with Gasteiger partial charge in [-0.25, -0.2) is 5.84 Å². The molecule has 98 valence electrons. The van der Waals surface area contributed by atoms with Gasteiger partial charge in [0, 0.05) is 23.7 Å². The van der Waals surface area contributed by atoms with Crippen LogP contribution in [0.3, 0.4) is 0 Å². The quantitative estimate of drug-likeness (QED) is 0.314. The van der Waals surface area contributed by atoms with E-state index in [1.165, 1.54) is 0 Å². The minimum Gasteiger partial charge on any atom is -0.306 e. The average Bonchev–Trinajstić information content (AvgIpc) is 2.37. The number of hydrogen-bond donors (Lipinski definition) is 3. The monoisotopic (exact) mass is 248 g/mol. The van der Waals surface area contributed by atoms with Gasteiger partial charge in [0.25, 0.3) is 5.91 Å². The predicted molar refractivity (Wildman–Crippen MR) is 72.7 cm³/mol. The standard InChI is InChI=1S/C13H20N4O/c1-9(17(2)3)8-12(14)10-4-6-11(7-5-10)13(18)16-15/h4-7,9,14H,8,15H2,1-3H3,(H,16,18). The zero-order valence-electron chi connectivity index (χ0n) is 11.0. The molecule has 1 amide bonds. The zero-order valence-corrected chi connectivity index (χ0v) is 11.0. The topological polar surface area (TPSA) is 82.2 Å². The van der Waals surface area contributed by atoms with Gasteiger partial charge in [-0.3, -0.25) is 10.2 Å². The molecule has 0 aromatic heterocycles. The highest BCUT2D eigenvalue weighted by molar-refractivity contribution is 6.00. The minimum absolute atomic E-state index is 0.310. The Kier molecular flexibility index (Phi) is 5.00. The van der Waals surface area contributed by atoms with Crippen LogP contribution >= 0.6 is 0 Å². The molecule has 5 heteroatoms. The molecule has 1 unspecified atom stereocenters. The fraction of sp³-hybridized carbons (Fsp3) is 0.385. The van der Waals surface area contributed by atoms with Crippen molar-refractivity contribution in [2.45, 2.75) is 19.4 Å². The van der Waals surface area contributed by atoms with E-state index in [2.05, 4.69) is 17.2 Å². The Hall–Kier alpha value is -1.72. The maximum absolute atomic E-state index is 11.3. The van der Waals surface area contributed by atoms with Gasteiger partial charge in [-0.15, -0.1) is 0 Å². The van der Waals surface area contributed by atoms with Gasteiger partial charge in [0.1, 0.15) is 0 Å². The van der Waals surface area contributed by atoms with Crippen LogP contribution in [0.15, 0.2) is 24.3 Å². The number of hydrazine groups is 1. The van der Waals surface area contributed by atoms with E-state index in [-0.39, 0.29) is 5.91 Å². The smallest absolute Gasteiger partial charge is 0.265 e. The van der Waals surface area contributed by atoms with E-state index >= 15 is 0 Å². The fourth-order valence-electron chi connectivity index (χ4n) is 1.50. The van der Waals surface area contributed by atoms with Crippen LogP contribution in [0.4, 0.5) is 0 Å². The molecule has 4 N–H and O–H groups in total. The lowest BCUT2D eigenvalue weighted by atomic mass is 10.0. The summed E-state index contributed by atoms with van der Waals surface area (Å²) >= 11 is 0. The van der Waals surface area contributed by atoms with E-state index in [9.17, 15) is 4.79 Å². The Labute approximate surface area is 107 Å². The number of nitrogens with zero attached hydrogens (tertiary/aromatic N) is 1. The van der Waals surface area contributed by atoms with Crippen LogP contribution in [0, 0.1) is 5.41 Å². The van der Waals surface area contributed by atoms with E-state index in [4.69, 9.17) is 11.3 Å². The number of carbonyl (C=O) groups excluding carboxylic acids is 1. The molecule has 1 aromatic carbocycles. The second kappa shape index (κ2) is 6.28. The van der Waals surface area contributed by atoms with Gasteiger partial charge in [0.2, 0.25) is 0 Å². The Morgan fingerprint density at radius 2 is 1.83 bits per heavy atom. The fourth-order valence-corrected chi connectivity index (χ4v) is 1.50. The van der Waals surface area contributed by atoms with Crippen LogP contribution in [0.5, 0.6) is 0 Å². The summed E-state index contributed by atoms with van der Waals surface area (Å²) in [5.74, 6) is 4.73. The molecule has 1 aromatic rings. The van der Waals surface area contributed by atoms with Crippen molar-refractivity contribution in [2.24, 2.45) is 5.84 Å². The summed E-state index contributed by atoms with van der Waals surface area (Å²) in [6, 6.07) is 7.20. The molecule has 1 atom stereocenters. The van der Waals surface area contributed by atoms with Crippen LogP contribution in [-0.2, 0) is 0 Å². The molecule has 0 saturated heterocycles. The van der Waals surface area contributed by atoms with Gasteiger partial charge in [-0.05, 0) is 38.7 Å². The van der Waals surface area contributed by atoms with E-state index in [0.717, 1.165) is 5.56 Å². The van der Waals surface area contributed by atoms with Gasteiger partial charge in [-0.1, -0.05) is 12.1 Å². The number of carbonyl (C=O) groups is 1. The van der Waals surface area contributed by atoms with E-state index in [0.29, 0.717) is 23.7 Å². The largest absolute Gasteiger partial charge is 0.306 e. The number of benzene rings is 1. The third-order valence-corrected chi connectivity index (χ3v) is 3.01. The Balaban J connectivity index is 2.73. The Bertz CT molecular complexity index is 425. The summed E-state index contributed by atoms with van der Waals surface area (Å²) < 4.78 is 0. The molecule has 0 radical (unpaired) electrons. The highest BCUT2D eigenvalue weighted by Crippen LogP contribution is 2.10. The first-order chi connectivity index (χ1) is 8.45. The first-order valence-electron chi connectivity index (χ1n) is 5.81. The van der Waals surface area contributed by atoms with E-state index < -0.39 is 0 Å². The summed E-state index contributed by atoms with van der Waals surface area (Å²) in [5, 5.41) is 8.02. The van der Waals surface area contributed by atoms with Gasteiger partial charge in [-0.2, -0.15) is 0 Å². The molecular formula is C13H20N4O. The van der Waals surface area contributed by atoms with Crippen molar-refractivity contribution in [1.29, 1.82) is 5.41 Å². The van der Waals surface area contributed by atoms with Crippen molar-refractivity contribution >= 4 is 11.6 Å². The number of rotatable bonds is 5. The number of nitrogens with one attached hydrogen (secondary N) is 2. The molecule has 0 aliphatic rings. The van der Waals surface area contributed by atoms with Crippen LogP contribution in [0.25, 0.3) is 0 Å². The molecule has 5 nitrogen and oxygen atoms in total. The highest BCUT2D eigenvalue weighted by atomic mass is 16.2. The molecule has 0 heterocycles. The SMILES string of the molecule is CC(CC(=N)c1ccc(C(=O)NN)cc1)N(C)C. The van der Waals surface area contributed by atoms with E-state index in [1.807, 2.05) is 14.1 Å². The molecule has 1 rings (SSSR count). The third kappa shape index (κ3) is 3.65. The second-order valence-corrected chi connectivity index (χ2v) is 4.55. The van der Waals surface area contributed by atoms with Crippen molar-refractivity contribution in [3.8, 4) is 0 Å². The van der Waals surface area contributed by atoms with Gasteiger partial charge in [0.15, 0.2) is 0 Å². The predicted octanol–water partition coefficient (Wildman–Crippen LogP) is 0.998. The number of hydrogen-bond acceptors (Lipinski definition) is 4. The molecule has 0 spiro atoms. The summed E-state index contributed by atoms with van der Waals surface area (Å²) in [6.07, 6.45) is 0.676. The van der Waals surface area contributed by atoms with Crippen LogP contribution in [0.2, 0.25) is 0 Å². The molecule has 0 fully saturated rings. The Morgan fingerprint density at radius 3 is 2.28 bits per heavy atom. The lowest BCUT2D eigenvalue weighted by Gasteiger charge is -2.20. The first kappa shape index (κ1) is 14.3. The molecule has 0 aliphatic carbocycles. The maximum atomic E-state index is 11.3. The maximum Gasteiger partial charge on any atom is 0.265 e. The van der Waals surface area contributed by atoms with Crippen molar-refractivity contribution in [1.82, 2.24) is 10.3 Å². The van der Waals surface area contributed by atoms with Gasteiger partial charge >= 0.3 is 0 Å². The van der Waals surface area contributed by atoms with E-state index in [1.54, 1.807) is 24.3 Å². The number of amides is 1. The molecule has 0 aliphatic heterocycles. The Morgan fingerprint density at radius 1 is 1.33 bits per heavy atom. The molecule has 18 heavy (non-hydrogen) atoms. The second-order valence-electron chi connectivity index (χ2n) is 4.55. The number of nitrogen functional groups attached to an aromatic ring is 1. The summed E-state index contributed by atoms with van der Waals surface area (Å²) in [7, 11) is 3.99. The number of nitrogens with two attached hydrogens (primary N) is 1.